The zero-order valence-corrected chi connectivity index (χ0v) is 38.2. The van der Waals surface area contributed by atoms with E-state index in [9.17, 15) is 39.0 Å². The topological polar surface area (TPSA) is 237 Å². The average molecular weight is 926 g/mol. The number of aliphatic hydroxyl groups is 2. The van der Waals surface area contributed by atoms with Gasteiger partial charge in [-0.25, -0.2) is 14.4 Å². The minimum Gasteiger partial charge on any atom is -0.456 e. The summed E-state index contributed by atoms with van der Waals surface area (Å²) in [6, 6.07) is 22.8. The number of hydrogen-bond acceptors (Lipinski definition) is 16. The van der Waals surface area contributed by atoms with Crippen molar-refractivity contribution in [2.45, 2.75) is 115 Å². The predicted octanol–water partition coefficient (Wildman–Crippen LogP) is 4.92. The number of rotatable bonds is 12. The van der Waals surface area contributed by atoms with Gasteiger partial charge < -0.3 is 48.7 Å². The molecule has 1 saturated heterocycles. The SMILES string of the molecule is CCOC(=O)O[C@H]1C[C@H]2OC[C@@]2(OC(C)=O)C2[C@H](OC(=O)c3ccccc3)[C@]3(O)C[C@H](OC(=O)[C@H](O)[C@H](NC(=O)c4ccccc4)c4ccccc4)C(C)=C([C@@H](OC(C)=O)C(=O)[C@@]21C)C3(C)C. The Labute approximate surface area is 387 Å². The van der Waals surface area contributed by atoms with Gasteiger partial charge in [-0.3, -0.25) is 19.2 Å². The maximum absolute atomic E-state index is 16.0. The van der Waals surface area contributed by atoms with E-state index >= 15 is 4.79 Å². The van der Waals surface area contributed by atoms with Gasteiger partial charge in [0.2, 0.25) is 0 Å². The maximum Gasteiger partial charge on any atom is 0.508 e. The van der Waals surface area contributed by atoms with E-state index in [2.05, 4.69) is 5.32 Å². The van der Waals surface area contributed by atoms with Gasteiger partial charge in [-0.05, 0) is 61.7 Å². The molecule has 7 rings (SSSR count). The first-order valence-corrected chi connectivity index (χ1v) is 22.1. The summed E-state index contributed by atoms with van der Waals surface area (Å²) in [4.78, 5) is 98.0. The first-order chi connectivity index (χ1) is 31.7. The number of Topliss-reactive ketones (excluding diaryl/α,β-unsaturated/α-hetero) is 1. The molecule has 4 aliphatic rings. The van der Waals surface area contributed by atoms with Crippen LogP contribution in [-0.4, -0.2) is 113 Å². The summed E-state index contributed by atoms with van der Waals surface area (Å²) in [7, 11) is 0. The van der Waals surface area contributed by atoms with Crippen molar-refractivity contribution in [3.8, 4) is 0 Å². The molecule has 1 unspecified atom stereocenters. The first kappa shape index (κ1) is 48.5. The van der Waals surface area contributed by atoms with Crippen molar-refractivity contribution in [1.82, 2.24) is 5.32 Å². The number of fused-ring (bicyclic) bond motifs is 5. The Morgan fingerprint density at radius 1 is 0.821 bits per heavy atom. The van der Waals surface area contributed by atoms with Gasteiger partial charge in [0, 0.05) is 37.7 Å². The number of ketones is 1. The van der Waals surface area contributed by atoms with Gasteiger partial charge >= 0.3 is 30.0 Å². The Hall–Kier alpha value is -6.43. The van der Waals surface area contributed by atoms with Gasteiger partial charge in [-0.2, -0.15) is 0 Å². The molecule has 0 aromatic heterocycles. The second-order valence-electron chi connectivity index (χ2n) is 18.1. The predicted molar refractivity (Wildman–Crippen MR) is 234 cm³/mol. The number of ether oxygens (including phenoxy) is 7. The summed E-state index contributed by atoms with van der Waals surface area (Å²) in [5, 5.41) is 28.5. The molecule has 17 heteroatoms. The molecule has 3 aromatic rings. The molecular weight excluding hydrogens is 871 g/mol. The highest BCUT2D eigenvalue weighted by molar-refractivity contribution is 5.96. The molecule has 3 aromatic carbocycles. The highest BCUT2D eigenvalue weighted by atomic mass is 16.7. The second kappa shape index (κ2) is 18.7. The van der Waals surface area contributed by atoms with Crippen LogP contribution in [0.2, 0.25) is 0 Å². The van der Waals surface area contributed by atoms with E-state index in [1.54, 1.807) is 99.6 Å². The number of esters is 4. The van der Waals surface area contributed by atoms with Gasteiger partial charge in [-0.15, -0.1) is 0 Å². The molecule has 3 fully saturated rings. The lowest BCUT2D eigenvalue weighted by Crippen LogP contribution is -2.82. The summed E-state index contributed by atoms with van der Waals surface area (Å²) in [6.07, 6.45) is -12.0. The van der Waals surface area contributed by atoms with Gasteiger partial charge in [0.15, 0.2) is 23.6 Å². The smallest absolute Gasteiger partial charge is 0.456 e. The largest absolute Gasteiger partial charge is 0.508 e. The fraction of sp³-hybridized carbons (Fsp3) is 0.460. The van der Waals surface area contributed by atoms with E-state index in [-0.39, 0.29) is 41.9 Å². The number of carbonyl (C=O) groups excluding carboxylic acids is 7. The Kier molecular flexibility index (Phi) is 13.5. The fourth-order valence-electron chi connectivity index (χ4n) is 10.6. The third-order valence-corrected chi connectivity index (χ3v) is 13.9. The van der Waals surface area contributed by atoms with Gasteiger partial charge in [0.25, 0.3) is 5.91 Å². The molecule has 11 atom stereocenters. The summed E-state index contributed by atoms with van der Waals surface area (Å²) in [5.74, 6) is -7.13. The highest BCUT2D eigenvalue weighted by Gasteiger charge is 2.79. The minimum absolute atomic E-state index is 0.0354. The van der Waals surface area contributed by atoms with Crippen molar-refractivity contribution in [1.29, 1.82) is 0 Å². The molecule has 0 spiro atoms. The van der Waals surface area contributed by atoms with Crippen molar-refractivity contribution in [2.75, 3.05) is 13.2 Å². The molecule has 1 heterocycles. The number of hydrogen-bond donors (Lipinski definition) is 3. The van der Waals surface area contributed by atoms with Crippen LogP contribution in [0.25, 0.3) is 0 Å². The zero-order chi connectivity index (χ0) is 48.6. The minimum atomic E-state index is -2.47. The molecule has 17 nitrogen and oxygen atoms in total. The van der Waals surface area contributed by atoms with Crippen molar-refractivity contribution in [3.63, 3.8) is 0 Å². The van der Waals surface area contributed by atoms with Gasteiger partial charge in [0.1, 0.15) is 30.0 Å². The Balaban J connectivity index is 1.42. The lowest BCUT2D eigenvalue weighted by atomic mass is 9.44. The zero-order valence-electron chi connectivity index (χ0n) is 38.2. The number of aliphatic hydroxyl groups excluding tert-OH is 1. The number of amides is 1. The molecular formula is C50H55NO16. The first-order valence-electron chi connectivity index (χ1n) is 22.1. The van der Waals surface area contributed by atoms with E-state index in [1.165, 1.54) is 26.0 Å². The molecule has 0 radical (unpaired) electrons. The summed E-state index contributed by atoms with van der Waals surface area (Å²) < 4.78 is 41.8. The van der Waals surface area contributed by atoms with E-state index in [0.717, 1.165) is 13.8 Å². The standard InChI is InChI=1S/C50H55NO16/c1-8-61-46(59)65-34-24-35-49(26-62-35,67-29(4)53)40-42(66-44(57)32-22-16-11-17-23-32)50(60)25-33(27(2)36(47(50,5)6)39(63-28(3)52)41(55)48(34,40)7)64-45(58)38(54)37(30-18-12-9-13-19-30)51-43(56)31-20-14-10-15-21-31/h9-23,33-35,37-40,42,54,60H,8,24-26H2,1-7H3,(H,51,56)/t33-,34-,35+,37+,38+,39+,40?,42-,48+,49-,50+/m0/s1. The second-order valence-corrected chi connectivity index (χ2v) is 18.1. The molecule has 3 N–H and O–H groups in total. The third kappa shape index (κ3) is 8.59. The van der Waals surface area contributed by atoms with Crippen LogP contribution in [0.5, 0.6) is 0 Å². The number of carbonyl (C=O) groups is 7. The van der Waals surface area contributed by atoms with E-state index in [4.69, 9.17) is 33.2 Å². The summed E-state index contributed by atoms with van der Waals surface area (Å²) in [5.41, 5.74) is -7.48. The van der Waals surface area contributed by atoms with Crippen molar-refractivity contribution in [3.05, 3.63) is 119 Å². The fourth-order valence-corrected chi connectivity index (χ4v) is 10.6. The van der Waals surface area contributed by atoms with E-state index < -0.39 is 119 Å². The Morgan fingerprint density at radius 2 is 1.42 bits per heavy atom. The maximum atomic E-state index is 16.0. The number of benzene rings is 3. The monoisotopic (exact) mass is 925 g/mol. The van der Waals surface area contributed by atoms with Gasteiger partial charge in [-0.1, -0.05) is 80.6 Å². The molecule has 2 bridgehead atoms. The normalized spacial score (nSPS) is 30.2. The van der Waals surface area contributed by atoms with Crippen LogP contribution in [0.4, 0.5) is 4.79 Å². The number of nitrogens with one attached hydrogen (secondary N) is 1. The Morgan fingerprint density at radius 3 is 1.97 bits per heavy atom. The highest BCUT2D eigenvalue weighted by Crippen LogP contribution is 2.65. The summed E-state index contributed by atoms with van der Waals surface area (Å²) >= 11 is 0. The molecule has 356 valence electrons. The lowest BCUT2D eigenvalue weighted by Gasteiger charge is -2.67. The quantitative estimate of drug-likeness (QED) is 0.124. The molecule has 67 heavy (non-hydrogen) atoms. The summed E-state index contributed by atoms with van der Waals surface area (Å²) in [6.45, 7) is 9.27. The van der Waals surface area contributed by atoms with Crippen LogP contribution >= 0.6 is 0 Å². The molecule has 1 aliphatic heterocycles. The van der Waals surface area contributed by atoms with Crippen LogP contribution in [0.1, 0.15) is 93.6 Å². The van der Waals surface area contributed by atoms with Crippen molar-refractivity contribution in [2.24, 2.45) is 16.7 Å². The van der Waals surface area contributed by atoms with Crippen LogP contribution in [0.3, 0.4) is 0 Å². The van der Waals surface area contributed by atoms with Crippen LogP contribution in [0, 0.1) is 16.7 Å². The van der Waals surface area contributed by atoms with Crippen LogP contribution < -0.4 is 5.32 Å². The van der Waals surface area contributed by atoms with Crippen LogP contribution in [0.15, 0.2) is 102 Å². The van der Waals surface area contributed by atoms with E-state index in [0.29, 0.717) is 5.56 Å². The molecule has 1 amide bonds. The molecule has 3 aliphatic carbocycles. The van der Waals surface area contributed by atoms with E-state index in [1.807, 2.05) is 0 Å². The van der Waals surface area contributed by atoms with Crippen molar-refractivity contribution >= 4 is 41.7 Å². The molecule has 2 saturated carbocycles. The van der Waals surface area contributed by atoms with Crippen molar-refractivity contribution < 1.29 is 76.9 Å². The van der Waals surface area contributed by atoms with Gasteiger partial charge in [0.05, 0.1) is 36.2 Å². The Bertz CT molecular complexity index is 2440. The lowest BCUT2D eigenvalue weighted by molar-refractivity contribution is -0.346. The average Bonchev–Trinajstić information content (AvgIpc) is 3.29. The third-order valence-electron chi connectivity index (χ3n) is 13.9. The van der Waals surface area contributed by atoms with Crippen LogP contribution in [-0.2, 0) is 52.3 Å².